The number of hydrogen-bond donors (Lipinski definition) is 0. The summed E-state index contributed by atoms with van der Waals surface area (Å²) in [5.41, 5.74) is 1.70. The Kier molecular flexibility index (Phi) is 7.99. The summed E-state index contributed by atoms with van der Waals surface area (Å²) in [7, 11) is -3.57. The molecule has 152 valence electrons. The van der Waals surface area contributed by atoms with Gasteiger partial charge in [-0.15, -0.1) is 0 Å². The van der Waals surface area contributed by atoms with Gasteiger partial charge in [0.15, 0.2) is 0 Å². The maximum Gasteiger partial charge on any atom is 0.308 e. The molecule has 2 rings (SSSR count). The molecule has 0 radical (unpaired) electrons. The van der Waals surface area contributed by atoms with Crippen LogP contribution >= 0.6 is 0 Å². The summed E-state index contributed by atoms with van der Waals surface area (Å²) in [4.78, 5) is 14.3. The van der Waals surface area contributed by atoms with E-state index in [-0.39, 0.29) is 23.2 Å². The first-order chi connectivity index (χ1) is 13.3. The van der Waals surface area contributed by atoms with Gasteiger partial charge < -0.3 is 9.08 Å². The molecule has 0 N–H and O–H groups in total. The van der Waals surface area contributed by atoms with Crippen molar-refractivity contribution in [2.45, 2.75) is 46.2 Å². The van der Waals surface area contributed by atoms with Crippen molar-refractivity contribution in [3.63, 3.8) is 0 Å². The molecule has 0 unspecified atom stereocenters. The Morgan fingerprint density at radius 2 is 1.50 bits per heavy atom. The lowest BCUT2D eigenvalue weighted by molar-refractivity contribution is -0.132. The molecule has 1 amide bonds. The van der Waals surface area contributed by atoms with Gasteiger partial charge in [0.1, 0.15) is 11.6 Å². The molecule has 2 aromatic carbocycles. The van der Waals surface area contributed by atoms with Crippen molar-refractivity contribution in [1.82, 2.24) is 4.90 Å². The SMILES string of the molecule is CCCCC(=O)N(Cc1ccc(F)cc1)Cc1ccc(OS(=O)(=O)CC)cc1. The standard InChI is InChI=1S/C21H26FNO4S/c1-3-5-6-21(24)23(15-17-7-11-19(22)12-8-17)16-18-9-13-20(14-10-18)27-28(25,26)4-2/h7-14H,3-6,15-16H2,1-2H3. The Morgan fingerprint density at radius 1 is 0.964 bits per heavy atom. The van der Waals surface area contributed by atoms with Crippen LogP contribution in [0, 0.1) is 5.82 Å². The van der Waals surface area contributed by atoms with Gasteiger partial charge in [-0.2, -0.15) is 8.42 Å². The Labute approximate surface area is 166 Å². The first-order valence-corrected chi connectivity index (χ1v) is 10.9. The Hall–Kier alpha value is -2.41. The molecule has 0 heterocycles. The lowest BCUT2D eigenvalue weighted by atomic mass is 10.1. The molecule has 28 heavy (non-hydrogen) atoms. The van der Waals surface area contributed by atoms with Crippen molar-refractivity contribution >= 4 is 16.0 Å². The molecule has 0 aliphatic heterocycles. The van der Waals surface area contributed by atoms with Gasteiger partial charge in [-0.3, -0.25) is 4.79 Å². The van der Waals surface area contributed by atoms with Gasteiger partial charge in [-0.25, -0.2) is 4.39 Å². The van der Waals surface area contributed by atoms with Crippen LogP contribution in [-0.2, 0) is 28.0 Å². The van der Waals surface area contributed by atoms with Crippen molar-refractivity contribution < 1.29 is 21.8 Å². The Morgan fingerprint density at radius 3 is 2.00 bits per heavy atom. The highest BCUT2D eigenvalue weighted by atomic mass is 32.2. The molecule has 0 aliphatic carbocycles. The van der Waals surface area contributed by atoms with Crippen molar-refractivity contribution in [3.05, 3.63) is 65.5 Å². The number of carbonyl (C=O) groups is 1. The van der Waals surface area contributed by atoms with Crippen molar-refractivity contribution in [3.8, 4) is 5.75 Å². The molecular weight excluding hydrogens is 381 g/mol. The van der Waals surface area contributed by atoms with Crippen LogP contribution in [0.1, 0.15) is 44.2 Å². The summed E-state index contributed by atoms with van der Waals surface area (Å²) in [5, 5.41) is 0. The highest BCUT2D eigenvalue weighted by Crippen LogP contribution is 2.18. The zero-order valence-electron chi connectivity index (χ0n) is 16.2. The zero-order chi connectivity index (χ0) is 20.6. The average Bonchev–Trinajstić information content (AvgIpc) is 2.68. The fourth-order valence-corrected chi connectivity index (χ4v) is 3.13. The normalized spacial score (nSPS) is 11.2. The highest BCUT2D eigenvalue weighted by molar-refractivity contribution is 7.87. The van der Waals surface area contributed by atoms with Crippen molar-refractivity contribution in [1.29, 1.82) is 0 Å². The second-order valence-corrected chi connectivity index (χ2v) is 8.41. The summed E-state index contributed by atoms with van der Waals surface area (Å²) in [5.74, 6) is -0.148. The molecule has 0 aromatic heterocycles. The van der Waals surface area contributed by atoms with E-state index >= 15 is 0 Å². The lowest BCUT2D eigenvalue weighted by Crippen LogP contribution is -2.29. The van der Waals surface area contributed by atoms with E-state index < -0.39 is 10.1 Å². The van der Waals surface area contributed by atoms with Crippen LogP contribution in [0.4, 0.5) is 4.39 Å². The molecule has 0 bridgehead atoms. The summed E-state index contributed by atoms with van der Waals surface area (Å²) in [6.45, 7) is 4.30. The minimum Gasteiger partial charge on any atom is -0.382 e. The number of nitrogens with zero attached hydrogens (tertiary/aromatic N) is 1. The third kappa shape index (κ3) is 6.96. The largest absolute Gasteiger partial charge is 0.382 e. The quantitative estimate of drug-likeness (QED) is 0.552. The first-order valence-electron chi connectivity index (χ1n) is 9.36. The number of carbonyl (C=O) groups excluding carboxylic acids is 1. The van der Waals surface area contributed by atoms with Gasteiger partial charge in [0.25, 0.3) is 0 Å². The van der Waals surface area contributed by atoms with E-state index in [1.165, 1.54) is 19.1 Å². The van der Waals surface area contributed by atoms with E-state index in [2.05, 4.69) is 0 Å². The van der Waals surface area contributed by atoms with Crippen LogP contribution < -0.4 is 4.18 Å². The smallest absolute Gasteiger partial charge is 0.308 e. The molecule has 0 saturated carbocycles. The van der Waals surface area contributed by atoms with Crippen LogP contribution in [0.15, 0.2) is 48.5 Å². The molecule has 0 fully saturated rings. The topological polar surface area (TPSA) is 63.7 Å². The molecule has 0 aliphatic rings. The molecular formula is C21H26FNO4S. The van der Waals surface area contributed by atoms with Crippen LogP contribution in [-0.4, -0.2) is 25.0 Å². The van der Waals surface area contributed by atoms with Crippen LogP contribution in [0.2, 0.25) is 0 Å². The van der Waals surface area contributed by atoms with Gasteiger partial charge in [0.2, 0.25) is 5.91 Å². The number of rotatable bonds is 10. The Bertz CT molecular complexity index is 864. The summed E-state index contributed by atoms with van der Waals surface area (Å²) < 4.78 is 41.2. The van der Waals surface area contributed by atoms with E-state index in [0.717, 1.165) is 24.0 Å². The van der Waals surface area contributed by atoms with Crippen LogP contribution in [0.5, 0.6) is 5.75 Å². The fraction of sp³-hybridized carbons (Fsp3) is 0.381. The van der Waals surface area contributed by atoms with E-state index in [9.17, 15) is 17.6 Å². The highest BCUT2D eigenvalue weighted by Gasteiger charge is 2.15. The fourth-order valence-electron chi connectivity index (χ4n) is 2.60. The van der Waals surface area contributed by atoms with E-state index in [1.54, 1.807) is 41.3 Å². The van der Waals surface area contributed by atoms with E-state index in [4.69, 9.17) is 4.18 Å². The minimum absolute atomic E-state index is 0.0278. The first kappa shape index (κ1) is 21.9. The van der Waals surface area contributed by atoms with Gasteiger partial charge in [-0.1, -0.05) is 37.6 Å². The molecule has 0 spiro atoms. The third-order valence-corrected chi connectivity index (χ3v) is 5.41. The van der Waals surface area contributed by atoms with E-state index in [0.29, 0.717) is 19.5 Å². The molecule has 0 atom stereocenters. The Balaban J connectivity index is 2.12. The number of halogens is 1. The molecule has 7 heteroatoms. The van der Waals surface area contributed by atoms with Crippen molar-refractivity contribution in [2.24, 2.45) is 0 Å². The third-order valence-electron chi connectivity index (χ3n) is 4.26. The maximum atomic E-state index is 13.1. The monoisotopic (exact) mass is 407 g/mol. The summed E-state index contributed by atoms with van der Waals surface area (Å²) >= 11 is 0. The molecule has 2 aromatic rings. The van der Waals surface area contributed by atoms with Crippen LogP contribution in [0.25, 0.3) is 0 Å². The number of amides is 1. The number of benzene rings is 2. The van der Waals surface area contributed by atoms with Crippen LogP contribution in [0.3, 0.4) is 0 Å². The lowest BCUT2D eigenvalue weighted by Gasteiger charge is -2.23. The van der Waals surface area contributed by atoms with Crippen molar-refractivity contribution in [2.75, 3.05) is 5.75 Å². The number of hydrogen-bond acceptors (Lipinski definition) is 4. The van der Waals surface area contributed by atoms with Gasteiger partial charge >= 0.3 is 10.1 Å². The second kappa shape index (κ2) is 10.2. The predicted molar refractivity (Wildman–Crippen MR) is 107 cm³/mol. The summed E-state index contributed by atoms with van der Waals surface area (Å²) in [6.07, 6.45) is 2.18. The minimum atomic E-state index is -3.57. The predicted octanol–water partition coefficient (Wildman–Crippen LogP) is 4.27. The molecule has 5 nitrogen and oxygen atoms in total. The van der Waals surface area contributed by atoms with Gasteiger partial charge in [0.05, 0.1) is 5.75 Å². The maximum absolute atomic E-state index is 13.1. The summed E-state index contributed by atoms with van der Waals surface area (Å²) in [6, 6.07) is 12.7. The van der Waals surface area contributed by atoms with Gasteiger partial charge in [-0.05, 0) is 48.7 Å². The van der Waals surface area contributed by atoms with Gasteiger partial charge in [0, 0.05) is 19.5 Å². The molecule has 0 saturated heterocycles. The average molecular weight is 408 g/mol. The van der Waals surface area contributed by atoms with E-state index in [1.807, 2.05) is 6.92 Å². The zero-order valence-corrected chi connectivity index (χ0v) is 17.0. The number of unbranched alkanes of at least 4 members (excludes halogenated alkanes) is 1. The second-order valence-electron chi connectivity index (χ2n) is 6.55.